The van der Waals surface area contributed by atoms with Gasteiger partial charge in [-0.15, -0.1) is 0 Å². The number of nitrogens with one attached hydrogen (secondary N) is 1. The molecule has 0 atom stereocenters. The molecule has 3 N–H and O–H groups in total. The number of benzene rings is 1. The van der Waals surface area contributed by atoms with Crippen LogP contribution in [0.3, 0.4) is 0 Å². The van der Waals surface area contributed by atoms with Crippen LogP contribution in [0.1, 0.15) is 16.1 Å². The summed E-state index contributed by atoms with van der Waals surface area (Å²) >= 11 is 5.88. The third-order valence-electron chi connectivity index (χ3n) is 2.53. The van der Waals surface area contributed by atoms with Crippen molar-refractivity contribution in [3.05, 3.63) is 34.5 Å². The molecule has 2 amide bonds. The molecular formula is C12H11ClN2O3. The molecule has 0 saturated carbocycles. The number of primary amides is 1. The van der Waals surface area contributed by atoms with E-state index in [0.29, 0.717) is 16.2 Å². The van der Waals surface area contributed by atoms with Crippen LogP contribution >= 0.6 is 11.6 Å². The topological polar surface area (TPSA) is 85.3 Å². The molecule has 0 fully saturated rings. The van der Waals surface area contributed by atoms with Crippen molar-refractivity contribution in [3.63, 3.8) is 0 Å². The molecule has 0 aliphatic carbocycles. The maximum Gasteiger partial charge on any atom is 0.287 e. The van der Waals surface area contributed by atoms with Crippen LogP contribution < -0.4 is 11.1 Å². The summed E-state index contributed by atoms with van der Waals surface area (Å²) < 4.78 is 5.43. The van der Waals surface area contributed by atoms with E-state index in [0.717, 1.165) is 5.39 Å². The molecule has 18 heavy (non-hydrogen) atoms. The van der Waals surface area contributed by atoms with E-state index in [1.54, 1.807) is 25.1 Å². The highest BCUT2D eigenvalue weighted by Gasteiger charge is 2.17. The van der Waals surface area contributed by atoms with Crippen LogP contribution in [0.4, 0.5) is 0 Å². The van der Waals surface area contributed by atoms with Crippen molar-refractivity contribution >= 4 is 34.4 Å². The maximum atomic E-state index is 11.8. The van der Waals surface area contributed by atoms with Gasteiger partial charge in [0.15, 0.2) is 5.76 Å². The molecule has 0 aliphatic rings. The van der Waals surface area contributed by atoms with Crippen LogP contribution in [0, 0.1) is 6.92 Å². The van der Waals surface area contributed by atoms with Gasteiger partial charge in [0, 0.05) is 16.0 Å². The molecule has 5 nitrogen and oxygen atoms in total. The highest BCUT2D eigenvalue weighted by Crippen LogP contribution is 2.27. The lowest BCUT2D eigenvalue weighted by Crippen LogP contribution is -2.33. The lowest BCUT2D eigenvalue weighted by molar-refractivity contribution is -0.117. The molecule has 0 bridgehead atoms. The zero-order valence-corrected chi connectivity index (χ0v) is 10.4. The molecule has 1 aromatic heterocycles. The summed E-state index contributed by atoms with van der Waals surface area (Å²) in [7, 11) is 0. The van der Waals surface area contributed by atoms with Crippen LogP contribution in [-0.2, 0) is 4.79 Å². The Labute approximate surface area is 108 Å². The zero-order valence-electron chi connectivity index (χ0n) is 9.62. The fourth-order valence-corrected chi connectivity index (χ4v) is 1.83. The number of carbonyl (C=O) groups excluding carboxylic acids is 2. The third kappa shape index (κ3) is 2.31. The fraction of sp³-hybridized carbons (Fsp3) is 0.167. The van der Waals surface area contributed by atoms with Gasteiger partial charge in [0.05, 0.1) is 6.54 Å². The van der Waals surface area contributed by atoms with E-state index in [-0.39, 0.29) is 12.3 Å². The molecule has 94 valence electrons. The first-order valence-corrected chi connectivity index (χ1v) is 5.62. The number of hydrogen-bond donors (Lipinski definition) is 2. The Hall–Kier alpha value is -2.01. The van der Waals surface area contributed by atoms with Crippen LogP contribution in [0.15, 0.2) is 22.6 Å². The summed E-state index contributed by atoms with van der Waals surface area (Å²) in [5.41, 5.74) is 6.20. The van der Waals surface area contributed by atoms with Gasteiger partial charge in [-0.3, -0.25) is 9.59 Å². The third-order valence-corrected chi connectivity index (χ3v) is 2.76. The highest BCUT2D eigenvalue weighted by molar-refractivity contribution is 6.31. The lowest BCUT2D eigenvalue weighted by Gasteiger charge is -1.99. The molecular weight excluding hydrogens is 256 g/mol. The van der Waals surface area contributed by atoms with E-state index < -0.39 is 11.8 Å². The maximum absolute atomic E-state index is 11.8. The van der Waals surface area contributed by atoms with Gasteiger partial charge < -0.3 is 15.5 Å². The van der Waals surface area contributed by atoms with Crippen LogP contribution in [-0.4, -0.2) is 18.4 Å². The Morgan fingerprint density at radius 3 is 2.83 bits per heavy atom. The second kappa shape index (κ2) is 4.70. The number of aryl methyl sites for hydroxylation is 1. The van der Waals surface area contributed by atoms with Crippen molar-refractivity contribution in [2.75, 3.05) is 6.54 Å². The molecule has 0 radical (unpaired) electrons. The van der Waals surface area contributed by atoms with E-state index in [9.17, 15) is 9.59 Å². The second-order valence-corrected chi connectivity index (χ2v) is 4.28. The summed E-state index contributed by atoms with van der Waals surface area (Å²) in [5, 5.41) is 3.71. The monoisotopic (exact) mass is 266 g/mol. The van der Waals surface area contributed by atoms with Crippen LogP contribution in [0.2, 0.25) is 5.02 Å². The first-order chi connectivity index (χ1) is 8.49. The average molecular weight is 267 g/mol. The van der Waals surface area contributed by atoms with Gasteiger partial charge in [0.1, 0.15) is 5.58 Å². The quantitative estimate of drug-likeness (QED) is 0.885. The number of rotatable bonds is 3. The minimum absolute atomic E-state index is 0.161. The van der Waals surface area contributed by atoms with Crippen molar-refractivity contribution in [1.82, 2.24) is 5.32 Å². The van der Waals surface area contributed by atoms with Crippen LogP contribution in [0.5, 0.6) is 0 Å². The highest BCUT2D eigenvalue weighted by atomic mass is 35.5. The predicted molar refractivity (Wildman–Crippen MR) is 67.5 cm³/mol. The Morgan fingerprint density at radius 1 is 1.44 bits per heavy atom. The van der Waals surface area contributed by atoms with Crippen molar-refractivity contribution in [2.45, 2.75) is 6.92 Å². The molecule has 2 rings (SSSR count). The Kier molecular flexibility index (Phi) is 3.25. The van der Waals surface area contributed by atoms with E-state index in [2.05, 4.69) is 5.32 Å². The zero-order chi connectivity index (χ0) is 13.3. The molecule has 0 spiro atoms. The number of halogens is 1. The number of furan rings is 1. The number of hydrogen-bond acceptors (Lipinski definition) is 3. The lowest BCUT2D eigenvalue weighted by atomic mass is 10.1. The van der Waals surface area contributed by atoms with Gasteiger partial charge in [0.25, 0.3) is 5.91 Å². The molecule has 0 unspecified atom stereocenters. The standard InChI is InChI=1S/C12H11ClN2O3/c1-6-8-4-7(13)2-3-9(8)18-11(6)12(17)15-5-10(14)16/h2-4H,5H2,1H3,(H2,14,16)(H,15,17). The molecule has 2 aromatic rings. The van der Waals surface area contributed by atoms with Gasteiger partial charge in [-0.1, -0.05) is 11.6 Å². The van der Waals surface area contributed by atoms with Gasteiger partial charge in [-0.25, -0.2) is 0 Å². The fourth-order valence-electron chi connectivity index (χ4n) is 1.66. The van der Waals surface area contributed by atoms with Gasteiger partial charge >= 0.3 is 0 Å². The molecule has 6 heteroatoms. The smallest absolute Gasteiger partial charge is 0.287 e. The second-order valence-electron chi connectivity index (χ2n) is 3.85. The van der Waals surface area contributed by atoms with Gasteiger partial charge in [0.2, 0.25) is 5.91 Å². The summed E-state index contributed by atoms with van der Waals surface area (Å²) in [6.45, 7) is 1.53. The van der Waals surface area contributed by atoms with Crippen molar-refractivity contribution in [3.8, 4) is 0 Å². The number of nitrogens with two attached hydrogens (primary N) is 1. The Morgan fingerprint density at radius 2 is 2.17 bits per heavy atom. The summed E-state index contributed by atoms with van der Waals surface area (Å²) in [4.78, 5) is 22.4. The summed E-state index contributed by atoms with van der Waals surface area (Å²) in [6.07, 6.45) is 0. The summed E-state index contributed by atoms with van der Waals surface area (Å²) in [6, 6.07) is 5.09. The van der Waals surface area contributed by atoms with Crippen molar-refractivity contribution in [1.29, 1.82) is 0 Å². The first kappa shape index (κ1) is 12.4. The molecule has 1 aromatic carbocycles. The van der Waals surface area contributed by atoms with Crippen molar-refractivity contribution < 1.29 is 14.0 Å². The average Bonchev–Trinajstić information content (AvgIpc) is 2.64. The Bertz CT molecular complexity index is 634. The summed E-state index contributed by atoms with van der Waals surface area (Å²) in [5.74, 6) is -0.924. The van der Waals surface area contributed by atoms with E-state index >= 15 is 0 Å². The van der Waals surface area contributed by atoms with E-state index in [1.807, 2.05) is 0 Å². The molecule has 1 heterocycles. The largest absolute Gasteiger partial charge is 0.451 e. The van der Waals surface area contributed by atoms with E-state index in [1.165, 1.54) is 0 Å². The molecule has 0 aliphatic heterocycles. The number of fused-ring (bicyclic) bond motifs is 1. The molecule has 0 saturated heterocycles. The van der Waals surface area contributed by atoms with Gasteiger partial charge in [-0.05, 0) is 25.1 Å². The Balaban J connectivity index is 2.36. The predicted octanol–water partition coefficient (Wildman–Crippen LogP) is 1.61. The number of amides is 2. The van der Waals surface area contributed by atoms with Crippen LogP contribution in [0.25, 0.3) is 11.0 Å². The number of carbonyl (C=O) groups is 2. The minimum atomic E-state index is -0.611. The SMILES string of the molecule is Cc1c(C(=O)NCC(N)=O)oc2ccc(Cl)cc12. The first-order valence-electron chi connectivity index (χ1n) is 5.24. The van der Waals surface area contributed by atoms with Gasteiger partial charge in [-0.2, -0.15) is 0 Å². The van der Waals surface area contributed by atoms with Crippen molar-refractivity contribution in [2.24, 2.45) is 5.73 Å². The van der Waals surface area contributed by atoms with E-state index in [4.69, 9.17) is 21.8 Å². The normalized spacial score (nSPS) is 10.6. The minimum Gasteiger partial charge on any atom is -0.451 e.